The molecule has 6 unspecified atom stereocenters. The second kappa shape index (κ2) is 12.1. The van der Waals surface area contributed by atoms with Gasteiger partial charge in [0.15, 0.2) is 5.78 Å². The number of allylic oxidation sites excluding steroid dienone is 2. The minimum absolute atomic E-state index is 0.0806. The Morgan fingerprint density at radius 2 is 1.45 bits per heavy atom. The second-order valence-electron chi connectivity index (χ2n) is 14.4. The number of aromatic hydroxyl groups is 1. The number of carbonyl (C=O) groups is 5. The molecule has 0 radical (unpaired) electrons. The van der Waals surface area contributed by atoms with E-state index in [9.17, 15) is 19.5 Å². The van der Waals surface area contributed by atoms with Gasteiger partial charge >= 0.3 is 0 Å². The van der Waals surface area contributed by atoms with Crippen LogP contribution in [0.3, 0.4) is 0 Å². The first-order valence-corrected chi connectivity index (χ1v) is 18.1. The van der Waals surface area contributed by atoms with Crippen LogP contribution in [0.15, 0.2) is 127 Å². The molecule has 1 saturated carbocycles. The van der Waals surface area contributed by atoms with E-state index >= 15 is 9.59 Å². The lowest BCUT2D eigenvalue weighted by Gasteiger charge is -2.51. The fourth-order valence-corrected chi connectivity index (χ4v) is 9.93. The molecule has 4 aliphatic rings. The Labute approximate surface area is 310 Å². The number of fused-ring (bicyclic) bond motifs is 5. The zero-order valence-corrected chi connectivity index (χ0v) is 29.4. The van der Waals surface area contributed by atoms with Gasteiger partial charge in [0.05, 0.1) is 34.5 Å². The van der Waals surface area contributed by atoms with E-state index in [1.165, 1.54) is 16.7 Å². The fourth-order valence-electron chi connectivity index (χ4n) is 9.75. The summed E-state index contributed by atoms with van der Waals surface area (Å²) in [5.41, 5.74) is 2.00. The van der Waals surface area contributed by atoms with Crippen LogP contribution in [0.1, 0.15) is 47.2 Å². The topological polar surface area (TPSA) is 112 Å². The molecule has 0 bridgehead atoms. The van der Waals surface area contributed by atoms with Crippen molar-refractivity contribution in [2.45, 2.75) is 31.1 Å². The third kappa shape index (κ3) is 4.64. The van der Waals surface area contributed by atoms with Crippen LogP contribution >= 0.6 is 11.6 Å². The molecule has 0 spiro atoms. The third-order valence-electron chi connectivity index (χ3n) is 11.9. The molecule has 2 aliphatic heterocycles. The SMILES string of the molecule is CC(=O)c1ccc(N2C(=O)C3CC=C4C(CC5C(=O)N(c6cccc(Cl)c6)C(=O)C5(c5ccccc5)C4c4ccc(O)c5ccccc45)C3C2=O)cc1. The highest BCUT2D eigenvalue weighted by atomic mass is 35.5. The van der Waals surface area contributed by atoms with E-state index < -0.39 is 46.8 Å². The summed E-state index contributed by atoms with van der Waals surface area (Å²) in [5, 5.41) is 12.7. The molecule has 3 fully saturated rings. The number of imide groups is 2. The van der Waals surface area contributed by atoms with Crippen LogP contribution in [-0.2, 0) is 24.6 Å². The number of Topliss-reactive ketones (excluding diaryl/α,β-unsaturated/α-hetero) is 1. The van der Waals surface area contributed by atoms with Crippen LogP contribution in [0.4, 0.5) is 11.4 Å². The van der Waals surface area contributed by atoms with Crippen LogP contribution < -0.4 is 9.80 Å². The maximum atomic E-state index is 15.5. The van der Waals surface area contributed by atoms with Gasteiger partial charge in [-0.2, -0.15) is 0 Å². The van der Waals surface area contributed by atoms with Crippen molar-refractivity contribution in [1.29, 1.82) is 0 Å². The Balaban J connectivity index is 1.28. The van der Waals surface area contributed by atoms with Gasteiger partial charge < -0.3 is 5.11 Å². The molecule has 2 saturated heterocycles. The number of hydrogen-bond donors (Lipinski definition) is 1. The van der Waals surface area contributed by atoms with Gasteiger partial charge in [0.2, 0.25) is 23.6 Å². The lowest BCUT2D eigenvalue weighted by atomic mass is 9.49. The number of carbonyl (C=O) groups excluding carboxylic acids is 5. The van der Waals surface area contributed by atoms with Crippen LogP contribution in [-0.4, -0.2) is 34.5 Å². The van der Waals surface area contributed by atoms with Gasteiger partial charge in [-0.1, -0.05) is 90.0 Å². The van der Waals surface area contributed by atoms with Crippen molar-refractivity contribution in [3.8, 4) is 5.75 Å². The molecule has 5 aromatic rings. The molecule has 9 rings (SSSR count). The average molecular weight is 721 g/mol. The number of hydrogen-bond acceptors (Lipinski definition) is 6. The Hall–Kier alpha value is -5.86. The van der Waals surface area contributed by atoms with E-state index in [0.29, 0.717) is 32.9 Å². The maximum Gasteiger partial charge on any atom is 0.246 e. The van der Waals surface area contributed by atoms with Crippen molar-refractivity contribution in [1.82, 2.24) is 0 Å². The van der Waals surface area contributed by atoms with Crippen molar-refractivity contribution in [3.05, 3.63) is 149 Å². The minimum Gasteiger partial charge on any atom is -0.507 e. The van der Waals surface area contributed by atoms with E-state index in [0.717, 1.165) is 16.5 Å². The average Bonchev–Trinajstić information content (AvgIpc) is 3.56. The van der Waals surface area contributed by atoms with Crippen molar-refractivity contribution in [3.63, 3.8) is 0 Å². The number of nitrogens with zero attached hydrogens (tertiary/aromatic N) is 2. The molecule has 6 atom stereocenters. The summed E-state index contributed by atoms with van der Waals surface area (Å²) in [4.78, 5) is 73.8. The van der Waals surface area contributed by atoms with Crippen molar-refractivity contribution in [2.24, 2.45) is 23.7 Å². The summed E-state index contributed by atoms with van der Waals surface area (Å²) < 4.78 is 0. The summed E-state index contributed by atoms with van der Waals surface area (Å²) >= 11 is 6.43. The van der Waals surface area contributed by atoms with Crippen LogP contribution in [0.5, 0.6) is 5.75 Å². The molecular formula is C44H33ClN2O6. The van der Waals surface area contributed by atoms with Gasteiger partial charge in [0, 0.05) is 21.9 Å². The monoisotopic (exact) mass is 720 g/mol. The fraction of sp³-hybridized carbons (Fsp3) is 0.205. The lowest BCUT2D eigenvalue weighted by molar-refractivity contribution is -0.127. The van der Waals surface area contributed by atoms with Crippen LogP contribution in [0.25, 0.3) is 10.8 Å². The Morgan fingerprint density at radius 1 is 0.736 bits per heavy atom. The van der Waals surface area contributed by atoms with Crippen LogP contribution in [0.2, 0.25) is 5.02 Å². The zero-order valence-electron chi connectivity index (χ0n) is 28.6. The number of benzene rings is 5. The number of phenolic OH excluding ortho intramolecular Hbond substituents is 1. The Bertz CT molecular complexity index is 2440. The van der Waals surface area contributed by atoms with Gasteiger partial charge in [-0.25, -0.2) is 4.90 Å². The first kappa shape index (κ1) is 33.0. The first-order chi connectivity index (χ1) is 25.6. The summed E-state index contributed by atoms with van der Waals surface area (Å²) in [7, 11) is 0. The molecule has 4 amide bonds. The van der Waals surface area contributed by atoms with Gasteiger partial charge in [-0.3, -0.25) is 28.9 Å². The Morgan fingerprint density at radius 3 is 2.17 bits per heavy atom. The van der Waals surface area contributed by atoms with Crippen molar-refractivity contribution in [2.75, 3.05) is 9.80 Å². The second-order valence-corrected chi connectivity index (χ2v) is 14.9. The van der Waals surface area contributed by atoms with Crippen molar-refractivity contribution >= 4 is 63.2 Å². The van der Waals surface area contributed by atoms with Gasteiger partial charge in [-0.05, 0) is 90.7 Å². The highest BCUT2D eigenvalue weighted by Gasteiger charge is 2.70. The summed E-state index contributed by atoms with van der Waals surface area (Å²) in [5.74, 6) is -5.19. The lowest BCUT2D eigenvalue weighted by Crippen LogP contribution is -2.53. The highest BCUT2D eigenvalue weighted by molar-refractivity contribution is 6.32. The number of amides is 4. The van der Waals surface area contributed by atoms with Gasteiger partial charge in [-0.15, -0.1) is 0 Å². The predicted molar refractivity (Wildman–Crippen MR) is 201 cm³/mol. The van der Waals surface area contributed by atoms with Crippen molar-refractivity contribution < 1.29 is 29.1 Å². The zero-order chi connectivity index (χ0) is 36.8. The smallest absolute Gasteiger partial charge is 0.246 e. The third-order valence-corrected chi connectivity index (χ3v) is 12.2. The van der Waals surface area contributed by atoms with Gasteiger partial charge in [0.25, 0.3) is 0 Å². The van der Waals surface area contributed by atoms with E-state index in [1.54, 1.807) is 54.6 Å². The van der Waals surface area contributed by atoms with E-state index in [2.05, 4.69) is 0 Å². The minimum atomic E-state index is -1.44. The van der Waals surface area contributed by atoms with E-state index in [1.807, 2.05) is 66.7 Å². The Kier molecular flexibility index (Phi) is 7.54. The van der Waals surface area contributed by atoms with E-state index in [-0.39, 0.29) is 36.2 Å². The normalized spacial score (nSPS) is 26.4. The molecule has 5 aromatic carbocycles. The van der Waals surface area contributed by atoms with Gasteiger partial charge in [0.1, 0.15) is 5.75 Å². The molecule has 1 N–H and O–H groups in total. The highest BCUT2D eigenvalue weighted by Crippen LogP contribution is 2.65. The maximum absolute atomic E-state index is 15.5. The summed E-state index contributed by atoms with van der Waals surface area (Å²) in [6.45, 7) is 1.46. The molecule has 2 aliphatic carbocycles. The largest absolute Gasteiger partial charge is 0.507 e. The predicted octanol–water partition coefficient (Wildman–Crippen LogP) is 7.77. The number of phenols is 1. The molecular weight excluding hydrogens is 688 g/mol. The molecule has 8 nitrogen and oxygen atoms in total. The molecule has 53 heavy (non-hydrogen) atoms. The number of anilines is 2. The molecule has 2 heterocycles. The summed E-state index contributed by atoms with van der Waals surface area (Å²) in [6.07, 6.45) is 2.45. The van der Waals surface area contributed by atoms with Crippen LogP contribution in [0, 0.1) is 23.7 Å². The first-order valence-electron chi connectivity index (χ1n) is 17.7. The molecule has 9 heteroatoms. The molecule has 0 aromatic heterocycles. The summed E-state index contributed by atoms with van der Waals surface area (Å²) in [6, 6.07) is 33.4. The quantitative estimate of drug-likeness (QED) is 0.113. The molecule has 262 valence electrons. The number of ketones is 1. The number of rotatable bonds is 5. The number of halogens is 1. The van der Waals surface area contributed by atoms with E-state index in [4.69, 9.17) is 11.6 Å². The standard InChI is InChI=1S/C44H33ClN2O6/c1-24(48)25-14-16-28(17-15-25)46-40(50)34-19-18-33-35(38(34)42(46)52)23-36-41(51)47(29-11-7-10-27(45)22-29)43(53)44(36,26-8-3-2-4-9-26)39(33)32-20-21-37(49)31-13-6-5-12-30(31)32/h2-18,20-22,34-36,38-39,49H,19,23H2,1H3.